The number of carbonyl (C=O) groups is 2. The van der Waals surface area contributed by atoms with Crippen LogP contribution < -0.4 is 5.32 Å². The van der Waals surface area contributed by atoms with Gasteiger partial charge in [0.15, 0.2) is 0 Å². The van der Waals surface area contributed by atoms with E-state index in [1.807, 2.05) is 27.0 Å². The third-order valence-corrected chi connectivity index (χ3v) is 3.96. The molecule has 0 rings (SSSR count). The normalized spacial score (nSPS) is 15.6. The summed E-state index contributed by atoms with van der Waals surface area (Å²) in [7, 11) is 1.69. The molecule has 0 saturated heterocycles. The zero-order chi connectivity index (χ0) is 14.3. The molecule has 0 bridgehead atoms. The molecule has 106 valence electrons. The summed E-state index contributed by atoms with van der Waals surface area (Å²) in [6, 6.07) is -1.08. The fourth-order valence-electron chi connectivity index (χ4n) is 1.47. The summed E-state index contributed by atoms with van der Waals surface area (Å²) >= 11 is 1.65. The third-order valence-electron chi connectivity index (χ3n) is 3.15. The van der Waals surface area contributed by atoms with Crippen molar-refractivity contribution >= 4 is 23.8 Å². The molecule has 0 aliphatic carbocycles. The average Bonchev–Trinajstić information content (AvgIpc) is 2.33. The second kappa shape index (κ2) is 8.24. The molecule has 0 fully saturated rings. The first-order chi connectivity index (χ1) is 8.34. The molecule has 0 aromatic heterocycles. The largest absolute Gasteiger partial charge is 0.480 e. The van der Waals surface area contributed by atoms with Gasteiger partial charge in [0.05, 0.1) is 0 Å². The zero-order valence-corrected chi connectivity index (χ0v) is 12.6. The van der Waals surface area contributed by atoms with Gasteiger partial charge in [-0.2, -0.15) is 11.8 Å². The van der Waals surface area contributed by atoms with Crippen LogP contribution in [0.2, 0.25) is 0 Å². The molecule has 0 heterocycles. The number of carboxylic acids is 1. The summed E-state index contributed by atoms with van der Waals surface area (Å²) < 4.78 is 0. The van der Waals surface area contributed by atoms with E-state index in [0.717, 1.165) is 5.75 Å². The minimum atomic E-state index is -0.983. The molecule has 0 aliphatic rings. The highest BCUT2D eigenvalue weighted by Gasteiger charge is 2.27. The summed E-state index contributed by atoms with van der Waals surface area (Å²) in [5.74, 6) is -0.246. The average molecular weight is 276 g/mol. The summed E-state index contributed by atoms with van der Waals surface area (Å²) in [5, 5.41) is 11.7. The van der Waals surface area contributed by atoms with Crippen molar-refractivity contribution in [3.8, 4) is 0 Å². The van der Waals surface area contributed by atoms with E-state index in [0.29, 0.717) is 6.42 Å². The smallest absolute Gasteiger partial charge is 0.326 e. The van der Waals surface area contributed by atoms with Crippen LogP contribution in [0, 0.1) is 5.92 Å². The van der Waals surface area contributed by atoms with E-state index in [4.69, 9.17) is 5.11 Å². The lowest BCUT2D eigenvalue weighted by molar-refractivity contribution is -0.140. The molecule has 0 aliphatic heterocycles. The Balaban J connectivity index is 4.55. The highest BCUT2D eigenvalue weighted by atomic mass is 32.2. The third kappa shape index (κ3) is 5.16. The molecule has 2 amide bonds. The molecule has 0 aromatic rings. The molecule has 0 aromatic carbocycles. The van der Waals surface area contributed by atoms with Crippen LogP contribution in [0.1, 0.15) is 27.2 Å². The summed E-state index contributed by atoms with van der Waals surface area (Å²) in [4.78, 5) is 24.6. The lowest BCUT2D eigenvalue weighted by Crippen LogP contribution is -2.51. The fourth-order valence-corrected chi connectivity index (χ4v) is 2.18. The van der Waals surface area contributed by atoms with Gasteiger partial charge in [-0.05, 0) is 19.1 Å². The van der Waals surface area contributed by atoms with Crippen LogP contribution in [-0.2, 0) is 4.79 Å². The number of rotatable bonds is 7. The number of thioether (sulfide) groups is 1. The van der Waals surface area contributed by atoms with Gasteiger partial charge in [-0.3, -0.25) is 0 Å². The van der Waals surface area contributed by atoms with Crippen molar-refractivity contribution in [2.24, 2.45) is 5.92 Å². The van der Waals surface area contributed by atoms with Crippen LogP contribution in [0.5, 0.6) is 0 Å². The van der Waals surface area contributed by atoms with Crippen LogP contribution in [0.4, 0.5) is 4.79 Å². The molecular weight excluding hydrogens is 252 g/mol. The molecule has 3 atom stereocenters. The Morgan fingerprint density at radius 1 is 1.39 bits per heavy atom. The Hall–Kier alpha value is -0.910. The van der Waals surface area contributed by atoms with E-state index in [1.54, 1.807) is 23.7 Å². The minimum Gasteiger partial charge on any atom is -0.480 e. The number of carboxylic acid groups (broad SMARTS) is 1. The lowest BCUT2D eigenvalue weighted by Gasteiger charge is -2.28. The Morgan fingerprint density at radius 3 is 2.33 bits per heavy atom. The van der Waals surface area contributed by atoms with Crippen molar-refractivity contribution in [1.82, 2.24) is 10.2 Å². The number of amides is 2. The number of aliphatic carboxylic acids is 1. The zero-order valence-electron chi connectivity index (χ0n) is 11.8. The van der Waals surface area contributed by atoms with Crippen molar-refractivity contribution in [2.45, 2.75) is 39.3 Å². The van der Waals surface area contributed by atoms with Gasteiger partial charge < -0.3 is 15.3 Å². The van der Waals surface area contributed by atoms with Crippen molar-refractivity contribution in [3.63, 3.8) is 0 Å². The fraction of sp³-hybridized carbons (Fsp3) is 0.833. The van der Waals surface area contributed by atoms with Crippen molar-refractivity contribution in [3.05, 3.63) is 0 Å². The Morgan fingerprint density at radius 2 is 1.94 bits per heavy atom. The van der Waals surface area contributed by atoms with Crippen molar-refractivity contribution < 1.29 is 14.7 Å². The monoisotopic (exact) mass is 276 g/mol. The molecule has 3 unspecified atom stereocenters. The van der Waals surface area contributed by atoms with Gasteiger partial charge in [-0.25, -0.2) is 9.59 Å². The standard InChI is InChI=1S/C12H24N2O3S/c1-6-8(2)10(11(15)16)13-12(17)14(4)9(3)7-18-5/h8-10H,6-7H2,1-5H3,(H,13,17)(H,15,16). The van der Waals surface area contributed by atoms with Gasteiger partial charge in [0, 0.05) is 18.8 Å². The lowest BCUT2D eigenvalue weighted by atomic mass is 9.99. The Kier molecular flexibility index (Phi) is 7.82. The summed E-state index contributed by atoms with van der Waals surface area (Å²) in [5.41, 5.74) is 0. The predicted molar refractivity (Wildman–Crippen MR) is 75.0 cm³/mol. The van der Waals surface area contributed by atoms with Crippen LogP contribution in [0.3, 0.4) is 0 Å². The van der Waals surface area contributed by atoms with E-state index in [-0.39, 0.29) is 18.0 Å². The maximum absolute atomic E-state index is 11.9. The highest BCUT2D eigenvalue weighted by molar-refractivity contribution is 7.98. The van der Waals surface area contributed by atoms with Gasteiger partial charge in [0.1, 0.15) is 6.04 Å². The number of urea groups is 1. The topological polar surface area (TPSA) is 69.6 Å². The van der Waals surface area contributed by atoms with Gasteiger partial charge >= 0.3 is 12.0 Å². The van der Waals surface area contributed by atoms with Crippen LogP contribution in [-0.4, -0.2) is 53.1 Å². The highest BCUT2D eigenvalue weighted by Crippen LogP contribution is 2.10. The number of nitrogens with one attached hydrogen (secondary N) is 1. The van der Waals surface area contributed by atoms with Crippen LogP contribution >= 0.6 is 11.8 Å². The van der Waals surface area contributed by atoms with E-state index < -0.39 is 12.0 Å². The van der Waals surface area contributed by atoms with Gasteiger partial charge in [0.25, 0.3) is 0 Å². The SMILES string of the molecule is CCC(C)C(NC(=O)N(C)C(C)CSC)C(=O)O. The summed E-state index contributed by atoms with van der Waals surface area (Å²) in [6.45, 7) is 5.67. The maximum Gasteiger partial charge on any atom is 0.326 e. The maximum atomic E-state index is 11.9. The Bertz CT molecular complexity index is 286. The molecule has 2 N–H and O–H groups in total. The molecule has 0 radical (unpaired) electrons. The quantitative estimate of drug-likeness (QED) is 0.745. The molecule has 0 saturated carbocycles. The first kappa shape index (κ1) is 17.1. The van der Waals surface area contributed by atoms with E-state index in [1.165, 1.54) is 0 Å². The first-order valence-electron chi connectivity index (χ1n) is 6.10. The van der Waals surface area contributed by atoms with Crippen molar-refractivity contribution in [2.75, 3.05) is 19.1 Å². The molecule has 18 heavy (non-hydrogen) atoms. The van der Waals surface area contributed by atoms with Crippen LogP contribution in [0.25, 0.3) is 0 Å². The molecule has 0 spiro atoms. The number of hydrogen-bond acceptors (Lipinski definition) is 3. The number of nitrogens with zero attached hydrogens (tertiary/aromatic N) is 1. The Labute approximate surface area is 113 Å². The van der Waals surface area contributed by atoms with Gasteiger partial charge in [-0.1, -0.05) is 20.3 Å². The van der Waals surface area contributed by atoms with Crippen LogP contribution in [0.15, 0.2) is 0 Å². The van der Waals surface area contributed by atoms with Gasteiger partial charge in [0.2, 0.25) is 0 Å². The van der Waals surface area contributed by atoms with E-state index in [9.17, 15) is 9.59 Å². The van der Waals surface area contributed by atoms with E-state index >= 15 is 0 Å². The second-order valence-corrected chi connectivity index (χ2v) is 5.48. The van der Waals surface area contributed by atoms with Crippen molar-refractivity contribution in [1.29, 1.82) is 0 Å². The predicted octanol–water partition coefficient (Wildman–Crippen LogP) is 1.88. The van der Waals surface area contributed by atoms with Gasteiger partial charge in [-0.15, -0.1) is 0 Å². The molecular formula is C12H24N2O3S. The first-order valence-corrected chi connectivity index (χ1v) is 7.49. The number of carbonyl (C=O) groups excluding carboxylic acids is 1. The minimum absolute atomic E-state index is 0.0753. The van der Waals surface area contributed by atoms with E-state index in [2.05, 4.69) is 5.32 Å². The number of hydrogen-bond donors (Lipinski definition) is 2. The second-order valence-electron chi connectivity index (χ2n) is 4.57. The molecule has 6 heteroatoms. The summed E-state index contributed by atoms with van der Waals surface area (Å²) in [6.07, 6.45) is 2.68. The molecule has 5 nitrogen and oxygen atoms in total.